The average Bonchev–Trinajstić information content (AvgIpc) is 3.37. The second-order valence-corrected chi connectivity index (χ2v) is 20.5. The molecule has 422 valence electrons. The number of carbonyl (C=O) groups is 6. The number of hydrogen-bond donors (Lipinski definition) is 1. The van der Waals surface area contributed by atoms with Crippen molar-refractivity contribution in [3.8, 4) is 0 Å². The lowest BCUT2D eigenvalue weighted by molar-refractivity contribution is -0.180. The van der Waals surface area contributed by atoms with Gasteiger partial charge in [-0.2, -0.15) is 0 Å². The van der Waals surface area contributed by atoms with Crippen molar-refractivity contribution in [3.05, 3.63) is 0 Å². The lowest BCUT2D eigenvalue weighted by atomic mass is 9.92. The molecule has 14 nitrogen and oxygen atoms in total. The maximum atomic E-state index is 13.3. The third kappa shape index (κ3) is 35.8. The summed E-state index contributed by atoms with van der Waals surface area (Å²) in [5, 5.41) is 9.69. The number of aliphatic hydroxyl groups is 1. The molecule has 0 aromatic rings. The Morgan fingerprint density at radius 1 is 0.333 bits per heavy atom. The molecule has 72 heavy (non-hydrogen) atoms. The molecule has 0 saturated carbocycles. The van der Waals surface area contributed by atoms with E-state index in [2.05, 4.69) is 32.6 Å². The first-order valence-corrected chi connectivity index (χ1v) is 29.2. The van der Waals surface area contributed by atoms with E-state index in [1.165, 1.54) is 39.5 Å². The minimum atomic E-state index is -1.74. The average molecular weight is 1030 g/mol. The highest BCUT2D eigenvalue weighted by atomic mass is 16.6. The Kier molecular flexibility index (Phi) is 45.3. The van der Waals surface area contributed by atoms with Gasteiger partial charge in [0.25, 0.3) is 0 Å². The molecule has 0 unspecified atom stereocenters. The van der Waals surface area contributed by atoms with Gasteiger partial charge in [-0.05, 0) is 78.3 Å². The lowest BCUT2D eigenvalue weighted by Crippen LogP contribution is -2.44. The molecule has 14 heteroatoms. The van der Waals surface area contributed by atoms with E-state index in [0.717, 1.165) is 154 Å². The van der Waals surface area contributed by atoms with Gasteiger partial charge in [-0.15, -0.1) is 0 Å². The SMILES string of the molecule is CCCCCCCCOC(=O)C(C)(COC(=O)CCCCCCCN(CCO)CCCCCC(=O)OCC(C)(C(=O)OCCCCCCCC)C(=O)OCCCCCCCC)C(=O)OCCCCCCCC. The Labute approximate surface area is 438 Å². The van der Waals surface area contributed by atoms with Gasteiger partial charge in [-0.1, -0.05) is 182 Å². The molecule has 0 atom stereocenters. The van der Waals surface area contributed by atoms with Crippen molar-refractivity contribution in [3.63, 3.8) is 0 Å². The Bertz CT molecular complexity index is 1310. The molecule has 0 aromatic carbocycles. The Morgan fingerprint density at radius 2 is 0.583 bits per heavy atom. The zero-order valence-electron chi connectivity index (χ0n) is 46.9. The van der Waals surface area contributed by atoms with E-state index in [-0.39, 0.29) is 45.9 Å². The predicted molar refractivity (Wildman–Crippen MR) is 285 cm³/mol. The van der Waals surface area contributed by atoms with Crippen molar-refractivity contribution in [2.24, 2.45) is 10.8 Å². The lowest BCUT2D eigenvalue weighted by Gasteiger charge is -2.25. The molecule has 0 aliphatic carbocycles. The summed E-state index contributed by atoms with van der Waals surface area (Å²) >= 11 is 0. The minimum absolute atomic E-state index is 0.0444. The normalized spacial score (nSPS) is 11.7. The van der Waals surface area contributed by atoms with Crippen LogP contribution >= 0.6 is 0 Å². The highest BCUT2D eigenvalue weighted by Gasteiger charge is 2.47. The highest BCUT2D eigenvalue weighted by Crippen LogP contribution is 2.25. The highest BCUT2D eigenvalue weighted by molar-refractivity contribution is 6.00. The molecule has 0 fully saturated rings. The monoisotopic (exact) mass is 1030 g/mol. The quantitative estimate of drug-likeness (QED) is 0.0263. The first kappa shape index (κ1) is 68.7. The third-order valence-corrected chi connectivity index (χ3v) is 13.4. The minimum Gasteiger partial charge on any atom is -0.465 e. The van der Waals surface area contributed by atoms with Crippen molar-refractivity contribution in [1.82, 2.24) is 4.90 Å². The molecule has 0 aromatic heterocycles. The van der Waals surface area contributed by atoms with Crippen LogP contribution in [0.2, 0.25) is 0 Å². The van der Waals surface area contributed by atoms with Crippen LogP contribution in [0.1, 0.15) is 260 Å². The molecule has 0 saturated heterocycles. The van der Waals surface area contributed by atoms with Gasteiger partial charge in [0.05, 0.1) is 33.0 Å². The molecule has 0 spiro atoms. The van der Waals surface area contributed by atoms with Gasteiger partial charge in [0.2, 0.25) is 0 Å². The van der Waals surface area contributed by atoms with Crippen molar-refractivity contribution >= 4 is 35.8 Å². The topological polar surface area (TPSA) is 181 Å². The van der Waals surface area contributed by atoms with Crippen LogP contribution in [0.5, 0.6) is 0 Å². The van der Waals surface area contributed by atoms with Crippen LogP contribution in [0.15, 0.2) is 0 Å². The summed E-state index contributed by atoms with van der Waals surface area (Å²) in [5.74, 6) is -3.85. The Balaban J connectivity index is 4.78. The molecule has 0 amide bonds. The molecular formula is C58H107NO13. The van der Waals surface area contributed by atoms with Gasteiger partial charge >= 0.3 is 35.8 Å². The maximum absolute atomic E-state index is 13.3. The van der Waals surface area contributed by atoms with Crippen LogP contribution < -0.4 is 0 Å². The summed E-state index contributed by atoms with van der Waals surface area (Å²) in [6, 6.07) is 0. The first-order valence-electron chi connectivity index (χ1n) is 29.2. The van der Waals surface area contributed by atoms with E-state index in [4.69, 9.17) is 28.4 Å². The number of carbonyl (C=O) groups excluding carboxylic acids is 6. The second kappa shape index (κ2) is 47.5. The van der Waals surface area contributed by atoms with Gasteiger partial charge in [0.1, 0.15) is 13.2 Å². The molecule has 0 rings (SSSR count). The van der Waals surface area contributed by atoms with E-state index < -0.39 is 59.9 Å². The van der Waals surface area contributed by atoms with Crippen LogP contribution in [0.25, 0.3) is 0 Å². The number of nitrogens with zero attached hydrogens (tertiary/aromatic N) is 1. The van der Waals surface area contributed by atoms with Crippen LogP contribution in [0.4, 0.5) is 0 Å². The summed E-state index contributed by atoms with van der Waals surface area (Å²) in [4.78, 5) is 80.8. The largest absolute Gasteiger partial charge is 0.465 e. The van der Waals surface area contributed by atoms with E-state index in [1.54, 1.807) is 0 Å². The van der Waals surface area contributed by atoms with Gasteiger partial charge in [0, 0.05) is 19.4 Å². The Hall–Kier alpha value is -3.26. The second-order valence-electron chi connectivity index (χ2n) is 20.5. The molecule has 1 N–H and O–H groups in total. The zero-order chi connectivity index (χ0) is 53.4. The number of unbranched alkanes of at least 4 members (excludes halogenated alkanes) is 26. The van der Waals surface area contributed by atoms with Crippen molar-refractivity contribution in [2.75, 3.05) is 65.9 Å². The fourth-order valence-electron chi connectivity index (χ4n) is 8.22. The number of aliphatic hydroxyl groups excluding tert-OH is 1. The number of ether oxygens (including phenoxy) is 6. The van der Waals surface area contributed by atoms with Crippen LogP contribution in [-0.4, -0.2) is 112 Å². The van der Waals surface area contributed by atoms with Crippen molar-refractivity contribution in [1.29, 1.82) is 0 Å². The number of rotatable bonds is 52. The first-order chi connectivity index (χ1) is 34.9. The summed E-state index contributed by atoms with van der Waals surface area (Å²) in [6.07, 6.45) is 31.5. The van der Waals surface area contributed by atoms with Gasteiger partial charge < -0.3 is 38.4 Å². The van der Waals surface area contributed by atoms with Crippen LogP contribution in [-0.2, 0) is 57.2 Å². The van der Waals surface area contributed by atoms with E-state index in [1.807, 2.05) is 0 Å². The molecule has 0 radical (unpaired) electrons. The van der Waals surface area contributed by atoms with Crippen molar-refractivity contribution in [2.45, 2.75) is 260 Å². The predicted octanol–water partition coefficient (Wildman–Crippen LogP) is 12.9. The number of esters is 6. The fourth-order valence-corrected chi connectivity index (χ4v) is 8.22. The molecular weight excluding hydrogens is 919 g/mol. The van der Waals surface area contributed by atoms with Crippen LogP contribution in [0, 0.1) is 10.8 Å². The van der Waals surface area contributed by atoms with Crippen LogP contribution in [0.3, 0.4) is 0 Å². The molecule has 0 aliphatic heterocycles. The fraction of sp³-hybridized carbons (Fsp3) is 0.897. The number of hydrogen-bond acceptors (Lipinski definition) is 14. The third-order valence-electron chi connectivity index (χ3n) is 13.4. The Morgan fingerprint density at radius 3 is 0.875 bits per heavy atom. The van der Waals surface area contributed by atoms with Gasteiger partial charge in [-0.3, -0.25) is 28.8 Å². The smallest absolute Gasteiger partial charge is 0.326 e. The summed E-state index contributed by atoms with van der Waals surface area (Å²) in [5.41, 5.74) is -3.47. The van der Waals surface area contributed by atoms with Gasteiger partial charge in [-0.25, -0.2) is 0 Å². The maximum Gasteiger partial charge on any atom is 0.326 e. The molecule has 0 heterocycles. The summed E-state index contributed by atoms with van der Waals surface area (Å²) in [6.45, 7) is 13.7. The van der Waals surface area contributed by atoms with E-state index in [9.17, 15) is 33.9 Å². The molecule has 0 aliphatic rings. The molecule has 0 bridgehead atoms. The van der Waals surface area contributed by atoms with E-state index in [0.29, 0.717) is 45.1 Å². The summed E-state index contributed by atoms with van der Waals surface area (Å²) < 4.78 is 33.1. The zero-order valence-corrected chi connectivity index (χ0v) is 46.9. The van der Waals surface area contributed by atoms with Crippen molar-refractivity contribution < 1.29 is 62.3 Å². The van der Waals surface area contributed by atoms with E-state index >= 15 is 0 Å². The summed E-state index contributed by atoms with van der Waals surface area (Å²) in [7, 11) is 0. The standard InChI is InChI=1S/C58H107NO13/c1-7-11-15-19-26-35-45-67-53(63)57(5,54(64)68-46-36-27-20-16-12-8-2)49-71-51(61)39-31-24-23-25-33-41-59(43-44-60)42-34-30-32-40-52(62)72-50-58(6,55(65)69-47-37-28-21-17-13-9-3)56(66)70-48-38-29-22-18-14-10-4/h60H,7-50H2,1-6H3. The van der Waals surface area contributed by atoms with Gasteiger partial charge in [0.15, 0.2) is 10.8 Å².